The quantitative estimate of drug-likeness (QED) is 0.601. The van der Waals surface area contributed by atoms with Crippen molar-refractivity contribution in [1.29, 1.82) is 0 Å². The molecule has 1 aliphatic rings. The highest BCUT2D eigenvalue weighted by atomic mass is 15.1. The summed E-state index contributed by atoms with van der Waals surface area (Å²) in [7, 11) is 0. The van der Waals surface area contributed by atoms with Gasteiger partial charge in [0.1, 0.15) is 0 Å². The van der Waals surface area contributed by atoms with E-state index in [-0.39, 0.29) is 0 Å². The Morgan fingerprint density at radius 1 is 1.36 bits per heavy atom. The lowest BCUT2D eigenvalue weighted by Crippen LogP contribution is -2.33. The van der Waals surface area contributed by atoms with Gasteiger partial charge in [-0.3, -0.25) is 0 Å². The molecule has 0 amide bonds. The van der Waals surface area contributed by atoms with Gasteiger partial charge >= 0.3 is 0 Å². The standard InChI is InChI=1S/C10H20N/c1-3-9-11(4-2)10-7-5-6-8-10/h10H,2-9H2,1H3. The zero-order valence-electron chi connectivity index (χ0n) is 7.68. The van der Waals surface area contributed by atoms with Gasteiger partial charge in [0.15, 0.2) is 0 Å². The van der Waals surface area contributed by atoms with Gasteiger partial charge in [0, 0.05) is 6.04 Å². The topological polar surface area (TPSA) is 3.24 Å². The van der Waals surface area contributed by atoms with E-state index in [9.17, 15) is 0 Å². The molecule has 1 rings (SSSR count). The van der Waals surface area contributed by atoms with Crippen LogP contribution in [0.4, 0.5) is 0 Å². The third-order valence-corrected chi connectivity index (χ3v) is 2.64. The molecule has 0 aromatic carbocycles. The molecule has 0 aromatic heterocycles. The third-order valence-electron chi connectivity index (χ3n) is 2.64. The first kappa shape index (κ1) is 9.05. The van der Waals surface area contributed by atoms with Gasteiger partial charge in [-0.15, -0.1) is 0 Å². The normalized spacial score (nSPS) is 19.9. The predicted molar refractivity (Wildman–Crippen MR) is 49.5 cm³/mol. The smallest absolute Gasteiger partial charge is 0.00952 e. The zero-order valence-corrected chi connectivity index (χ0v) is 7.68. The molecule has 0 bridgehead atoms. The Morgan fingerprint density at radius 2 is 2.00 bits per heavy atom. The Hall–Kier alpha value is -0.0400. The van der Waals surface area contributed by atoms with E-state index in [0.717, 1.165) is 12.6 Å². The Kier molecular flexibility index (Phi) is 3.92. The summed E-state index contributed by atoms with van der Waals surface area (Å²) >= 11 is 0. The summed E-state index contributed by atoms with van der Waals surface area (Å²) in [6.07, 6.45) is 6.97. The van der Waals surface area contributed by atoms with Crippen molar-refractivity contribution >= 4 is 0 Å². The lowest BCUT2D eigenvalue weighted by Gasteiger charge is -2.26. The largest absolute Gasteiger partial charge is 0.300 e. The van der Waals surface area contributed by atoms with E-state index >= 15 is 0 Å². The highest BCUT2D eigenvalue weighted by Crippen LogP contribution is 2.23. The average molecular weight is 154 g/mol. The van der Waals surface area contributed by atoms with Crippen LogP contribution in [0.3, 0.4) is 0 Å². The van der Waals surface area contributed by atoms with E-state index in [1.54, 1.807) is 0 Å². The van der Waals surface area contributed by atoms with Gasteiger partial charge in [-0.1, -0.05) is 19.8 Å². The Bertz CT molecular complexity index is 95.0. The van der Waals surface area contributed by atoms with Crippen LogP contribution in [0.5, 0.6) is 0 Å². The molecule has 0 saturated heterocycles. The summed E-state index contributed by atoms with van der Waals surface area (Å²) in [5.74, 6) is 0. The fraction of sp³-hybridized carbons (Fsp3) is 0.900. The van der Waals surface area contributed by atoms with Crippen LogP contribution < -0.4 is 0 Å². The van der Waals surface area contributed by atoms with Gasteiger partial charge in [0.2, 0.25) is 0 Å². The zero-order chi connectivity index (χ0) is 8.10. The second kappa shape index (κ2) is 4.76. The van der Waals surface area contributed by atoms with Crippen molar-refractivity contribution in [2.45, 2.75) is 45.1 Å². The molecule has 0 aromatic rings. The molecule has 0 aliphatic heterocycles. The fourth-order valence-electron chi connectivity index (χ4n) is 2.03. The number of nitrogens with zero attached hydrogens (tertiary/aromatic N) is 1. The van der Waals surface area contributed by atoms with Crippen molar-refractivity contribution in [3.8, 4) is 0 Å². The second-order valence-electron chi connectivity index (χ2n) is 3.47. The minimum absolute atomic E-state index is 0.868. The molecule has 1 fully saturated rings. The van der Waals surface area contributed by atoms with E-state index in [2.05, 4.69) is 18.7 Å². The Morgan fingerprint density at radius 3 is 2.45 bits per heavy atom. The molecular formula is C10H20N. The molecule has 0 atom stereocenters. The molecular weight excluding hydrogens is 134 g/mol. The molecule has 11 heavy (non-hydrogen) atoms. The van der Waals surface area contributed by atoms with E-state index in [1.807, 2.05) is 0 Å². The van der Waals surface area contributed by atoms with E-state index in [1.165, 1.54) is 38.6 Å². The van der Waals surface area contributed by atoms with Crippen molar-refractivity contribution in [3.05, 3.63) is 6.92 Å². The van der Waals surface area contributed by atoms with Crippen LogP contribution in [-0.2, 0) is 0 Å². The van der Waals surface area contributed by atoms with Crippen LogP contribution in [-0.4, -0.2) is 24.0 Å². The number of hydrogen-bond acceptors (Lipinski definition) is 1. The summed E-state index contributed by atoms with van der Waals surface area (Å²) < 4.78 is 0. The van der Waals surface area contributed by atoms with Gasteiger partial charge in [-0.2, -0.15) is 0 Å². The summed E-state index contributed by atoms with van der Waals surface area (Å²) in [4.78, 5) is 2.53. The highest BCUT2D eigenvalue weighted by molar-refractivity contribution is 4.77. The van der Waals surface area contributed by atoms with Crippen LogP contribution in [0.25, 0.3) is 0 Å². The van der Waals surface area contributed by atoms with E-state index in [0.29, 0.717) is 0 Å². The molecule has 0 N–H and O–H groups in total. The van der Waals surface area contributed by atoms with Crippen molar-refractivity contribution in [2.24, 2.45) is 0 Å². The van der Waals surface area contributed by atoms with Gasteiger partial charge in [-0.25, -0.2) is 0 Å². The summed E-state index contributed by atoms with van der Waals surface area (Å²) in [5, 5.41) is 0. The summed E-state index contributed by atoms with van der Waals surface area (Å²) in [5.41, 5.74) is 0. The first-order chi connectivity index (χ1) is 5.38. The molecule has 65 valence electrons. The lowest BCUT2D eigenvalue weighted by atomic mass is 10.2. The van der Waals surface area contributed by atoms with Crippen LogP contribution in [0, 0.1) is 6.92 Å². The van der Waals surface area contributed by atoms with Gasteiger partial charge < -0.3 is 4.90 Å². The van der Waals surface area contributed by atoms with Crippen molar-refractivity contribution in [1.82, 2.24) is 4.90 Å². The summed E-state index contributed by atoms with van der Waals surface area (Å²) in [6.45, 7) is 8.47. The molecule has 0 spiro atoms. The Balaban J connectivity index is 2.27. The van der Waals surface area contributed by atoms with Crippen molar-refractivity contribution in [2.75, 3.05) is 13.1 Å². The van der Waals surface area contributed by atoms with Gasteiger partial charge in [-0.05, 0) is 39.3 Å². The molecule has 1 nitrogen and oxygen atoms in total. The summed E-state index contributed by atoms with van der Waals surface area (Å²) in [6, 6.07) is 0.868. The molecule has 0 heterocycles. The molecule has 1 heteroatoms. The van der Waals surface area contributed by atoms with Crippen LogP contribution in [0.15, 0.2) is 0 Å². The van der Waals surface area contributed by atoms with Gasteiger partial charge in [0.25, 0.3) is 0 Å². The van der Waals surface area contributed by atoms with Crippen LogP contribution in [0.2, 0.25) is 0 Å². The van der Waals surface area contributed by atoms with Crippen molar-refractivity contribution < 1.29 is 0 Å². The van der Waals surface area contributed by atoms with E-state index in [4.69, 9.17) is 0 Å². The Labute approximate surface area is 70.8 Å². The molecule has 0 unspecified atom stereocenters. The minimum Gasteiger partial charge on any atom is -0.300 e. The maximum atomic E-state index is 3.98. The lowest BCUT2D eigenvalue weighted by molar-refractivity contribution is 0.219. The molecule has 1 aliphatic carbocycles. The fourth-order valence-corrected chi connectivity index (χ4v) is 2.03. The molecule has 1 radical (unpaired) electrons. The maximum Gasteiger partial charge on any atom is 0.00952 e. The van der Waals surface area contributed by atoms with Crippen molar-refractivity contribution in [3.63, 3.8) is 0 Å². The second-order valence-corrected chi connectivity index (χ2v) is 3.47. The predicted octanol–water partition coefficient (Wildman–Crippen LogP) is 2.48. The highest BCUT2D eigenvalue weighted by Gasteiger charge is 2.19. The van der Waals surface area contributed by atoms with Crippen LogP contribution >= 0.6 is 0 Å². The third kappa shape index (κ3) is 2.48. The number of hydrogen-bond donors (Lipinski definition) is 0. The monoisotopic (exact) mass is 154 g/mol. The van der Waals surface area contributed by atoms with Gasteiger partial charge in [0.05, 0.1) is 0 Å². The SMILES string of the molecule is [CH2]CN(CCC)C1CCCC1. The average Bonchev–Trinajstić information content (AvgIpc) is 2.52. The maximum absolute atomic E-state index is 3.98. The van der Waals surface area contributed by atoms with E-state index < -0.39 is 0 Å². The van der Waals surface area contributed by atoms with Crippen LogP contribution in [0.1, 0.15) is 39.0 Å². The first-order valence-corrected chi connectivity index (χ1v) is 4.91. The minimum atomic E-state index is 0.868. The molecule has 1 saturated carbocycles. The first-order valence-electron chi connectivity index (χ1n) is 4.91. The number of rotatable bonds is 4.